The predicted molar refractivity (Wildman–Crippen MR) is 62.5 cm³/mol. The van der Waals surface area contributed by atoms with Crippen LogP contribution in [0, 0.1) is 0 Å². The zero-order valence-corrected chi connectivity index (χ0v) is 10.3. The number of nitrogens with one attached hydrogen (secondary N) is 1. The second kappa shape index (κ2) is 7.24. The van der Waals surface area contributed by atoms with E-state index in [-0.39, 0.29) is 0 Å². The Balaban J connectivity index is 2.19. The van der Waals surface area contributed by atoms with Crippen molar-refractivity contribution in [1.29, 1.82) is 0 Å². The SMILES string of the molecule is CCNCc1coc(OCCCN(C)C)n1. The van der Waals surface area contributed by atoms with Crippen LogP contribution in [0.5, 0.6) is 6.08 Å². The lowest BCUT2D eigenvalue weighted by Gasteiger charge is -2.08. The normalized spacial score (nSPS) is 11.0. The zero-order chi connectivity index (χ0) is 11.8. The first-order chi connectivity index (χ1) is 7.72. The zero-order valence-electron chi connectivity index (χ0n) is 10.3. The Morgan fingerprint density at radius 1 is 1.50 bits per heavy atom. The number of nitrogens with zero attached hydrogens (tertiary/aromatic N) is 2. The van der Waals surface area contributed by atoms with Crippen molar-refractivity contribution in [3.05, 3.63) is 12.0 Å². The minimum atomic E-state index is 0.367. The van der Waals surface area contributed by atoms with Crippen molar-refractivity contribution in [2.24, 2.45) is 0 Å². The molecule has 0 unspecified atom stereocenters. The summed E-state index contributed by atoms with van der Waals surface area (Å²) in [5.41, 5.74) is 0.879. The second-order valence-electron chi connectivity index (χ2n) is 3.89. The molecular weight excluding hydrogens is 206 g/mol. The van der Waals surface area contributed by atoms with E-state index < -0.39 is 0 Å². The van der Waals surface area contributed by atoms with Crippen LogP contribution in [0.3, 0.4) is 0 Å². The number of aromatic nitrogens is 1. The van der Waals surface area contributed by atoms with Crippen LogP contribution in [0.2, 0.25) is 0 Å². The monoisotopic (exact) mass is 227 g/mol. The summed E-state index contributed by atoms with van der Waals surface area (Å²) in [4.78, 5) is 6.32. The summed E-state index contributed by atoms with van der Waals surface area (Å²) in [7, 11) is 4.08. The fourth-order valence-corrected chi connectivity index (χ4v) is 1.23. The third-order valence-electron chi connectivity index (χ3n) is 2.06. The minimum absolute atomic E-state index is 0.367. The van der Waals surface area contributed by atoms with Gasteiger partial charge in [-0.3, -0.25) is 0 Å². The summed E-state index contributed by atoms with van der Waals surface area (Å²) in [6.45, 7) is 5.34. The van der Waals surface area contributed by atoms with E-state index in [9.17, 15) is 0 Å². The maximum absolute atomic E-state index is 5.38. The van der Waals surface area contributed by atoms with Crippen LogP contribution in [0.1, 0.15) is 19.0 Å². The highest BCUT2D eigenvalue weighted by atomic mass is 16.6. The number of oxazole rings is 1. The smallest absolute Gasteiger partial charge is 0.393 e. The molecule has 0 bridgehead atoms. The summed E-state index contributed by atoms with van der Waals surface area (Å²) in [6, 6.07) is 0. The van der Waals surface area contributed by atoms with Gasteiger partial charge < -0.3 is 19.4 Å². The van der Waals surface area contributed by atoms with Gasteiger partial charge in [0.1, 0.15) is 6.26 Å². The van der Waals surface area contributed by atoms with Gasteiger partial charge >= 0.3 is 6.08 Å². The lowest BCUT2D eigenvalue weighted by molar-refractivity contribution is 0.215. The first-order valence-corrected chi connectivity index (χ1v) is 5.65. The Hall–Kier alpha value is -1.07. The topological polar surface area (TPSA) is 50.5 Å². The highest BCUT2D eigenvalue weighted by Crippen LogP contribution is 2.10. The van der Waals surface area contributed by atoms with E-state index in [0.29, 0.717) is 12.7 Å². The quantitative estimate of drug-likeness (QED) is 0.674. The van der Waals surface area contributed by atoms with E-state index in [2.05, 4.69) is 22.1 Å². The van der Waals surface area contributed by atoms with Crippen molar-refractivity contribution >= 4 is 0 Å². The Kier molecular flexibility index (Phi) is 5.88. The molecule has 0 saturated carbocycles. The molecule has 0 aliphatic heterocycles. The predicted octanol–water partition coefficient (Wildman–Crippen LogP) is 1.11. The van der Waals surface area contributed by atoms with Gasteiger partial charge in [0, 0.05) is 13.1 Å². The minimum Gasteiger partial charge on any atom is -0.450 e. The molecule has 92 valence electrons. The summed E-state index contributed by atoms with van der Waals surface area (Å²) < 4.78 is 10.6. The maximum Gasteiger partial charge on any atom is 0.393 e. The number of rotatable bonds is 8. The molecule has 1 heterocycles. The lowest BCUT2D eigenvalue weighted by atomic mass is 10.4. The van der Waals surface area contributed by atoms with Crippen LogP contribution in [-0.2, 0) is 6.54 Å². The van der Waals surface area contributed by atoms with Gasteiger partial charge in [0.15, 0.2) is 0 Å². The first kappa shape index (κ1) is 13.0. The number of hydrogen-bond acceptors (Lipinski definition) is 5. The van der Waals surface area contributed by atoms with E-state index in [1.165, 1.54) is 0 Å². The molecule has 5 nitrogen and oxygen atoms in total. The molecule has 0 atom stereocenters. The Labute approximate surface area is 96.8 Å². The van der Waals surface area contributed by atoms with Crippen LogP contribution in [0.4, 0.5) is 0 Å². The van der Waals surface area contributed by atoms with E-state index in [1.807, 2.05) is 14.1 Å². The van der Waals surface area contributed by atoms with Gasteiger partial charge in [0.25, 0.3) is 0 Å². The molecule has 0 aromatic carbocycles. The van der Waals surface area contributed by atoms with Crippen molar-refractivity contribution < 1.29 is 9.15 Å². The van der Waals surface area contributed by atoms with E-state index in [4.69, 9.17) is 9.15 Å². The molecule has 5 heteroatoms. The first-order valence-electron chi connectivity index (χ1n) is 5.65. The Morgan fingerprint density at radius 2 is 2.31 bits per heavy atom. The van der Waals surface area contributed by atoms with Crippen molar-refractivity contribution in [1.82, 2.24) is 15.2 Å². The van der Waals surface area contributed by atoms with Crippen LogP contribution in [-0.4, -0.2) is 43.7 Å². The highest BCUT2D eigenvalue weighted by Gasteiger charge is 2.03. The van der Waals surface area contributed by atoms with Crippen LogP contribution < -0.4 is 10.1 Å². The summed E-state index contributed by atoms with van der Waals surface area (Å²) in [5.74, 6) is 0. The van der Waals surface area contributed by atoms with Gasteiger partial charge in [-0.1, -0.05) is 6.92 Å². The molecule has 0 saturated heterocycles. The highest BCUT2D eigenvalue weighted by molar-refractivity contribution is 4.99. The number of ether oxygens (including phenoxy) is 1. The number of hydrogen-bond donors (Lipinski definition) is 1. The van der Waals surface area contributed by atoms with Crippen LogP contribution in [0.15, 0.2) is 10.7 Å². The molecule has 16 heavy (non-hydrogen) atoms. The second-order valence-corrected chi connectivity index (χ2v) is 3.89. The van der Waals surface area contributed by atoms with Gasteiger partial charge in [0.2, 0.25) is 0 Å². The third-order valence-corrected chi connectivity index (χ3v) is 2.06. The average molecular weight is 227 g/mol. The third kappa shape index (κ3) is 5.14. The van der Waals surface area contributed by atoms with E-state index in [0.717, 1.165) is 31.7 Å². The average Bonchev–Trinajstić information content (AvgIpc) is 2.69. The summed E-state index contributed by atoms with van der Waals surface area (Å²) in [6.07, 6.45) is 2.97. The molecule has 1 N–H and O–H groups in total. The summed E-state index contributed by atoms with van der Waals surface area (Å²) >= 11 is 0. The largest absolute Gasteiger partial charge is 0.450 e. The van der Waals surface area contributed by atoms with Crippen molar-refractivity contribution in [3.63, 3.8) is 0 Å². The molecule has 1 rings (SSSR count). The van der Waals surface area contributed by atoms with Crippen LogP contribution >= 0.6 is 0 Å². The van der Waals surface area contributed by atoms with Crippen molar-refractivity contribution in [2.45, 2.75) is 19.9 Å². The van der Waals surface area contributed by atoms with Crippen LogP contribution in [0.25, 0.3) is 0 Å². The summed E-state index contributed by atoms with van der Waals surface area (Å²) in [5, 5.41) is 3.18. The fraction of sp³-hybridized carbons (Fsp3) is 0.727. The van der Waals surface area contributed by atoms with E-state index in [1.54, 1.807) is 6.26 Å². The van der Waals surface area contributed by atoms with Crippen molar-refractivity contribution in [3.8, 4) is 6.08 Å². The molecule has 0 amide bonds. The molecule has 0 aliphatic rings. The molecule has 0 radical (unpaired) electrons. The van der Waals surface area contributed by atoms with Gasteiger partial charge in [-0.15, -0.1) is 0 Å². The van der Waals surface area contributed by atoms with Gasteiger partial charge in [-0.2, -0.15) is 4.98 Å². The molecule has 0 spiro atoms. The molecule has 0 aliphatic carbocycles. The van der Waals surface area contributed by atoms with Gasteiger partial charge in [-0.25, -0.2) is 0 Å². The lowest BCUT2D eigenvalue weighted by Crippen LogP contribution is -2.15. The maximum atomic E-state index is 5.38. The molecular formula is C11H21N3O2. The standard InChI is InChI=1S/C11H21N3O2/c1-4-12-8-10-9-16-11(13-10)15-7-5-6-14(2)3/h9,12H,4-8H2,1-3H3. The Morgan fingerprint density at radius 3 is 3.00 bits per heavy atom. The molecule has 1 aromatic rings. The Bertz CT molecular complexity index is 287. The molecule has 0 fully saturated rings. The fourth-order valence-electron chi connectivity index (χ4n) is 1.23. The van der Waals surface area contributed by atoms with Crippen molar-refractivity contribution in [2.75, 3.05) is 33.8 Å². The molecule has 1 aromatic heterocycles. The van der Waals surface area contributed by atoms with Gasteiger partial charge in [-0.05, 0) is 27.1 Å². The van der Waals surface area contributed by atoms with Gasteiger partial charge in [0.05, 0.1) is 12.3 Å². The van der Waals surface area contributed by atoms with E-state index >= 15 is 0 Å².